The maximum atomic E-state index is 12.3. The summed E-state index contributed by atoms with van der Waals surface area (Å²) in [5.74, 6) is -0.0737. The number of nitrogens with zero attached hydrogens (tertiary/aromatic N) is 2. The average Bonchev–Trinajstić information content (AvgIpc) is 3.13. The quantitative estimate of drug-likeness (QED) is 0.749. The molecule has 27 heavy (non-hydrogen) atoms. The molecule has 1 aliphatic heterocycles. The van der Waals surface area contributed by atoms with Gasteiger partial charge in [0.2, 0.25) is 0 Å². The Balaban J connectivity index is 1.78. The number of benzene rings is 2. The lowest BCUT2D eigenvalue weighted by molar-refractivity contribution is -0.0218. The van der Waals surface area contributed by atoms with E-state index in [1.165, 1.54) is 0 Å². The minimum atomic E-state index is -1.11. The summed E-state index contributed by atoms with van der Waals surface area (Å²) in [6.07, 6.45) is 3.52. The Morgan fingerprint density at radius 2 is 1.89 bits per heavy atom. The molecule has 1 atom stereocenters. The number of imidazole rings is 1. The third-order valence-corrected chi connectivity index (χ3v) is 5.57. The van der Waals surface area contributed by atoms with Crippen molar-refractivity contribution in [3.63, 3.8) is 0 Å². The molecule has 4 rings (SSSR count). The van der Waals surface area contributed by atoms with Crippen LogP contribution in [0.2, 0.25) is 0 Å². The zero-order chi connectivity index (χ0) is 19.4. The number of hydrogen-bond acceptors (Lipinski definition) is 3. The topological polar surface area (TPSA) is 67.2 Å². The van der Waals surface area contributed by atoms with Crippen molar-refractivity contribution in [3.8, 4) is 0 Å². The summed E-state index contributed by atoms with van der Waals surface area (Å²) in [6.45, 7) is 8.75. The maximum absolute atomic E-state index is 12.3. The molecule has 2 heterocycles. The van der Waals surface area contributed by atoms with Crippen molar-refractivity contribution in [2.45, 2.75) is 45.9 Å². The van der Waals surface area contributed by atoms with Crippen LogP contribution in [0, 0.1) is 5.41 Å². The van der Waals surface area contributed by atoms with Gasteiger partial charge in [-0.05, 0) is 48.4 Å². The number of rotatable bonds is 3. The lowest BCUT2D eigenvalue weighted by atomic mass is 9.71. The predicted molar refractivity (Wildman–Crippen MR) is 106 cm³/mol. The first kappa shape index (κ1) is 17.7. The van der Waals surface area contributed by atoms with Gasteiger partial charge in [-0.2, -0.15) is 0 Å². The Bertz CT molecular complexity index is 1030. The third kappa shape index (κ3) is 2.65. The van der Waals surface area contributed by atoms with Crippen LogP contribution in [0.15, 0.2) is 48.9 Å². The second-order valence-corrected chi connectivity index (χ2v) is 8.41. The highest BCUT2D eigenvalue weighted by Crippen LogP contribution is 2.51. The molecule has 0 saturated heterocycles. The molecule has 0 bridgehead atoms. The van der Waals surface area contributed by atoms with E-state index in [0.29, 0.717) is 12.1 Å². The van der Waals surface area contributed by atoms with Crippen molar-refractivity contribution in [1.29, 1.82) is 0 Å². The van der Waals surface area contributed by atoms with Gasteiger partial charge in [0.05, 0.1) is 18.2 Å². The van der Waals surface area contributed by atoms with E-state index in [1.54, 1.807) is 12.5 Å². The smallest absolute Gasteiger partial charge is 0.251 e. The molecular formula is C22H25N3O2. The summed E-state index contributed by atoms with van der Waals surface area (Å²) in [5, 5.41) is 16.6. The first-order chi connectivity index (χ1) is 12.7. The Hall–Kier alpha value is -2.66. The zero-order valence-corrected chi connectivity index (χ0v) is 16.2. The lowest BCUT2D eigenvalue weighted by Gasteiger charge is -2.36. The zero-order valence-electron chi connectivity index (χ0n) is 16.2. The van der Waals surface area contributed by atoms with Crippen LogP contribution in [0.4, 0.5) is 0 Å². The fourth-order valence-corrected chi connectivity index (χ4v) is 4.13. The molecule has 1 unspecified atom stereocenters. The minimum absolute atomic E-state index is 0.0737. The van der Waals surface area contributed by atoms with Gasteiger partial charge < -0.3 is 15.0 Å². The number of aliphatic hydroxyl groups is 1. The van der Waals surface area contributed by atoms with Crippen LogP contribution in [0.25, 0.3) is 10.8 Å². The van der Waals surface area contributed by atoms with Crippen LogP contribution in [-0.4, -0.2) is 26.6 Å². The van der Waals surface area contributed by atoms with Crippen LogP contribution in [0.5, 0.6) is 0 Å². The second-order valence-electron chi connectivity index (χ2n) is 8.41. The summed E-state index contributed by atoms with van der Waals surface area (Å²) in [5.41, 5.74) is 0.849. The Kier molecular flexibility index (Phi) is 3.89. The Morgan fingerprint density at radius 3 is 2.63 bits per heavy atom. The SMILES string of the molecule is CC(C)NC(=O)c1ccc2cc(C3(O)c4cncn4CC3(C)C)ccc2c1. The maximum Gasteiger partial charge on any atom is 0.251 e. The minimum Gasteiger partial charge on any atom is -0.378 e. The Labute approximate surface area is 159 Å². The van der Waals surface area contributed by atoms with Crippen molar-refractivity contribution < 1.29 is 9.90 Å². The molecule has 0 spiro atoms. The number of nitrogens with one attached hydrogen (secondary N) is 1. The number of hydrogen-bond donors (Lipinski definition) is 2. The monoisotopic (exact) mass is 363 g/mol. The number of carbonyl (C=O) groups is 1. The van der Waals surface area contributed by atoms with Crippen LogP contribution in [0.3, 0.4) is 0 Å². The van der Waals surface area contributed by atoms with E-state index >= 15 is 0 Å². The third-order valence-electron chi connectivity index (χ3n) is 5.57. The van der Waals surface area contributed by atoms with Gasteiger partial charge in [-0.1, -0.05) is 32.0 Å². The van der Waals surface area contributed by atoms with Crippen LogP contribution in [-0.2, 0) is 12.1 Å². The van der Waals surface area contributed by atoms with Gasteiger partial charge >= 0.3 is 0 Å². The highest BCUT2D eigenvalue weighted by atomic mass is 16.3. The van der Waals surface area contributed by atoms with E-state index in [-0.39, 0.29) is 17.4 Å². The molecule has 5 heteroatoms. The molecule has 3 aromatic rings. The van der Waals surface area contributed by atoms with Gasteiger partial charge in [0, 0.05) is 23.6 Å². The van der Waals surface area contributed by atoms with E-state index in [4.69, 9.17) is 0 Å². The largest absolute Gasteiger partial charge is 0.378 e. The molecule has 1 aromatic heterocycles. The molecule has 2 aromatic carbocycles. The molecule has 140 valence electrons. The number of aromatic nitrogens is 2. The molecule has 1 aliphatic rings. The molecule has 2 N–H and O–H groups in total. The summed E-state index contributed by atoms with van der Waals surface area (Å²) in [7, 11) is 0. The first-order valence-electron chi connectivity index (χ1n) is 9.30. The molecule has 5 nitrogen and oxygen atoms in total. The normalized spacial score (nSPS) is 20.8. The number of fused-ring (bicyclic) bond motifs is 2. The standard InChI is InChI=1S/C22H25N3O2/c1-14(2)24-20(26)17-6-5-16-10-18(8-7-15(16)9-17)22(27)19-11-23-13-25(19)12-21(22,3)4/h5-11,13-14,27H,12H2,1-4H3,(H,24,26). The first-order valence-corrected chi connectivity index (χ1v) is 9.30. The molecule has 0 saturated carbocycles. The van der Waals surface area contributed by atoms with Crippen molar-refractivity contribution in [1.82, 2.24) is 14.9 Å². The fraction of sp³-hybridized carbons (Fsp3) is 0.364. The van der Waals surface area contributed by atoms with Crippen molar-refractivity contribution in [2.75, 3.05) is 0 Å². The van der Waals surface area contributed by atoms with E-state index in [1.807, 2.05) is 54.8 Å². The summed E-state index contributed by atoms with van der Waals surface area (Å²) in [4.78, 5) is 16.5. The summed E-state index contributed by atoms with van der Waals surface area (Å²) < 4.78 is 2.02. The second kappa shape index (κ2) is 5.92. The lowest BCUT2D eigenvalue weighted by Crippen LogP contribution is -2.39. The van der Waals surface area contributed by atoms with Crippen molar-refractivity contribution in [2.24, 2.45) is 5.41 Å². The summed E-state index contributed by atoms with van der Waals surface area (Å²) in [6, 6.07) is 11.7. The summed E-state index contributed by atoms with van der Waals surface area (Å²) >= 11 is 0. The number of carbonyl (C=O) groups excluding carboxylic acids is 1. The van der Waals surface area contributed by atoms with Crippen LogP contribution in [0.1, 0.15) is 49.3 Å². The van der Waals surface area contributed by atoms with Crippen LogP contribution < -0.4 is 5.32 Å². The van der Waals surface area contributed by atoms with Gasteiger partial charge in [0.15, 0.2) is 0 Å². The highest BCUT2D eigenvalue weighted by molar-refractivity contribution is 5.98. The van der Waals surface area contributed by atoms with Crippen molar-refractivity contribution in [3.05, 3.63) is 65.7 Å². The van der Waals surface area contributed by atoms with Gasteiger partial charge in [-0.15, -0.1) is 0 Å². The predicted octanol–water partition coefficient (Wildman–Crippen LogP) is 3.45. The van der Waals surface area contributed by atoms with Gasteiger partial charge in [-0.3, -0.25) is 4.79 Å². The Morgan fingerprint density at radius 1 is 1.19 bits per heavy atom. The molecule has 0 radical (unpaired) electrons. The van der Waals surface area contributed by atoms with Gasteiger partial charge in [-0.25, -0.2) is 4.98 Å². The molecule has 0 fully saturated rings. The average molecular weight is 363 g/mol. The van der Waals surface area contributed by atoms with E-state index < -0.39 is 5.60 Å². The van der Waals surface area contributed by atoms with E-state index in [9.17, 15) is 9.90 Å². The van der Waals surface area contributed by atoms with Crippen molar-refractivity contribution >= 4 is 16.7 Å². The van der Waals surface area contributed by atoms with Gasteiger partial charge in [0.25, 0.3) is 5.91 Å². The van der Waals surface area contributed by atoms with Gasteiger partial charge in [0.1, 0.15) is 5.60 Å². The molecular weight excluding hydrogens is 338 g/mol. The van der Waals surface area contributed by atoms with Crippen LogP contribution >= 0.6 is 0 Å². The van der Waals surface area contributed by atoms with E-state index in [2.05, 4.69) is 24.1 Å². The van der Waals surface area contributed by atoms with E-state index in [0.717, 1.165) is 22.0 Å². The molecule has 1 amide bonds. The number of amides is 1. The fourth-order valence-electron chi connectivity index (χ4n) is 4.13. The molecule has 0 aliphatic carbocycles. The highest BCUT2D eigenvalue weighted by Gasteiger charge is 2.53.